The van der Waals surface area contributed by atoms with E-state index in [-0.39, 0.29) is 0 Å². The maximum atomic E-state index is 10.8. The van der Waals surface area contributed by atoms with Gasteiger partial charge in [0.1, 0.15) is 5.54 Å². The highest BCUT2D eigenvalue weighted by molar-refractivity contribution is 5.77. The molecule has 5 nitrogen and oxygen atoms in total. The van der Waals surface area contributed by atoms with Crippen LogP contribution in [0.2, 0.25) is 0 Å². The molecule has 5 heteroatoms. The van der Waals surface area contributed by atoms with Crippen LogP contribution in [-0.2, 0) is 9.53 Å². The van der Waals surface area contributed by atoms with E-state index in [4.69, 9.17) is 15.6 Å². The molecule has 1 aliphatic rings. The lowest BCUT2D eigenvalue weighted by Crippen LogP contribution is -2.44. The molecule has 0 saturated heterocycles. The van der Waals surface area contributed by atoms with Gasteiger partial charge in [-0.15, -0.1) is 0 Å². The van der Waals surface area contributed by atoms with E-state index in [1.807, 2.05) is 0 Å². The highest BCUT2D eigenvalue weighted by atomic mass is 16.5. The van der Waals surface area contributed by atoms with Gasteiger partial charge < -0.3 is 20.5 Å². The molecule has 1 fully saturated rings. The Morgan fingerprint density at radius 1 is 1.42 bits per heavy atom. The van der Waals surface area contributed by atoms with Crippen molar-refractivity contribution in [3.63, 3.8) is 0 Å². The van der Waals surface area contributed by atoms with Crippen molar-refractivity contribution >= 4 is 5.97 Å². The van der Waals surface area contributed by atoms with E-state index in [0.717, 1.165) is 45.1 Å². The van der Waals surface area contributed by atoms with Crippen molar-refractivity contribution < 1.29 is 14.6 Å². The average molecular weight is 272 g/mol. The molecule has 19 heavy (non-hydrogen) atoms. The zero-order valence-corrected chi connectivity index (χ0v) is 12.2. The zero-order valence-electron chi connectivity index (χ0n) is 12.2. The van der Waals surface area contributed by atoms with Crippen molar-refractivity contribution in [3.05, 3.63) is 0 Å². The Morgan fingerprint density at radius 3 is 2.68 bits per heavy atom. The van der Waals surface area contributed by atoms with E-state index < -0.39 is 11.5 Å². The van der Waals surface area contributed by atoms with E-state index in [1.54, 1.807) is 6.92 Å². The molecule has 1 saturated carbocycles. The predicted molar refractivity (Wildman–Crippen MR) is 75.1 cm³/mol. The SMILES string of the molecule is CN(CCCCC(C)(N)C(=O)O)CCOCC1CC1. The summed E-state index contributed by atoms with van der Waals surface area (Å²) in [6, 6.07) is 0. The van der Waals surface area contributed by atoms with Gasteiger partial charge in [0.05, 0.1) is 6.61 Å². The molecule has 1 atom stereocenters. The van der Waals surface area contributed by atoms with Crippen LogP contribution in [0.1, 0.15) is 39.0 Å². The van der Waals surface area contributed by atoms with Crippen LogP contribution in [0.4, 0.5) is 0 Å². The van der Waals surface area contributed by atoms with Gasteiger partial charge in [-0.05, 0) is 58.5 Å². The molecule has 0 aliphatic heterocycles. The number of rotatable bonds is 11. The molecule has 1 unspecified atom stereocenters. The lowest BCUT2D eigenvalue weighted by Gasteiger charge is -2.20. The standard InChI is InChI=1S/C14H28N2O3/c1-14(15,13(17)18)7-3-4-8-16(2)9-10-19-11-12-5-6-12/h12H,3-11,15H2,1-2H3,(H,17,18). The molecule has 0 spiro atoms. The van der Waals surface area contributed by atoms with Crippen molar-refractivity contribution in [1.82, 2.24) is 4.90 Å². The topological polar surface area (TPSA) is 75.8 Å². The Morgan fingerprint density at radius 2 is 2.11 bits per heavy atom. The summed E-state index contributed by atoms with van der Waals surface area (Å²) >= 11 is 0. The first-order chi connectivity index (χ1) is 8.92. The molecule has 0 amide bonds. The molecule has 0 radical (unpaired) electrons. The Kier molecular flexibility index (Phi) is 6.75. The van der Waals surface area contributed by atoms with E-state index in [1.165, 1.54) is 12.8 Å². The average Bonchev–Trinajstić information content (AvgIpc) is 3.14. The number of hydrogen-bond acceptors (Lipinski definition) is 4. The summed E-state index contributed by atoms with van der Waals surface area (Å²) in [5.41, 5.74) is 4.58. The van der Waals surface area contributed by atoms with Crippen molar-refractivity contribution in [3.8, 4) is 0 Å². The van der Waals surface area contributed by atoms with Gasteiger partial charge >= 0.3 is 5.97 Å². The summed E-state index contributed by atoms with van der Waals surface area (Å²) in [6.07, 6.45) is 4.99. The quantitative estimate of drug-likeness (QED) is 0.555. The third kappa shape index (κ3) is 7.50. The molecular formula is C14H28N2O3. The summed E-state index contributed by atoms with van der Waals surface area (Å²) in [4.78, 5) is 13.1. The first-order valence-electron chi connectivity index (χ1n) is 7.20. The van der Waals surface area contributed by atoms with Gasteiger partial charge in [0, 0.05) is 13.2 Å². The number of carbonyl (C=O) groups is 1. The molecule has 1 aliphatic carbocycles. The number of aliphatic carboxylic acids is 1. The molecular weight excluding hydrogens is 244 g/mol. The Bertz CT molecular complexity index is 278. The minimum absolute atomic E-state index is 0.522. The predicted octanol–water partition coefficient (Wildman–Crippen LogP) is 1.32. The van der Waals surface area contributed by atoms with E-state index >= 15 is 0 Å². The van der Waals surface area contributed by atoms with Crippen LogP contribution in [0.3, 0.4) is 0 Å². The van der Waals surface area contributed by atoms with E-state index in [0.29, 0.717) is 6.42 Å². The normalized spacial score (nSPS) is 18.5. The van der Waals surface area contributed by atoms with Crippen LogP contribution < -0.4 is 5.73 Å². The fraction of sp³-hybridized carbons (Fsp3) is 0.929. The number of hydrogen-bond donors (Lipinski definition) is 2. The molecule has 0 aromatic heterocycles. The lowest BCUT2D eigenvalue weighted by atomic mass is 9.96. The summed E-state index contributed by atoms with van der Waals surface area (Å²) < 4.78 is 5.58. The second kappa shape index (κ2) is 7.82. The van der Waals surface area contributed by atoms with Crippen molar-refractivity contribution in [2.24, 2.45) is 11.7 Å². The van der Waals surface area contributed by atoms with Crippen molar-refractivity contribution in [1.29, 1.82) is 0 Å². The molecule has 0 heterocycles. The van der Waals surface area contributed by atoms with Gasteiger partial charge in [-0.3, -0.25) is 4.79 Å². The van der Waals surface area contributed by atoms with E-state index in [9.17, 15) is 4.79 Å². The first-order valence-corrected chi connectivity index (χ1v) is 7.20. The smallest absolute Gasteiger partial charge is 0.323 e. The van der Waals surface area contributed by atoms with Crippen LogP contribution in [0.5, 0.6) is 0 Å². The Labute approximate surface area is 116 Å². The number of carboxylic acids is 1. The second-order valence-corrected chi connectivity index (χ2v) is 6.00. The van der Waals surface area contributed by atoms with Crippen molar-refractivity contribution in [2.45, 2.75) is 44.6 Å². The number of ether oxygens (including phenoxy) is 1. The maximum absolute atomic E-state index is 10.8. The third-order valence-corrected chi connectivity index (χ3v) is 3.64. The number of likely N-dealkylation sites (N-methyl/N-ethyl adjacent to an activating group) is 1. The van der Waals surface area contributed by atoms with Crippen LogP contribution in [0.25, 0.3) is 0 Å². The minimum Gasteiger partial charge on any atom is -0.480 e. The highest BCUT2D eigenvalue weighted by Crippen LogP contribution is 2.28. The summed E-state index contributed by atoms with van der Waals surface area (Å²) in [6.45, 7) is 5.17. The lowest BCUT2D eigenvalue weighted by molar-refractivity contribution is -0.142. The van der Waals surface area contributed by atoms with Gasteiger partial charge in [-0.2, -0.15) is 0 Å². The number of carboxylic acid groups (broad SMARTS) is 1. The second-order valence-electron chi connectivity index (χ2n) is 6.00. The maximum Gasteiger partial charge on any atom is 0.323 e. The van der Waals surface area contributed by atoms with Crippen LogP contribution in [0, 0.1) is 5.92 Å². The summed E-state index contributed by atoms with van der Waals surface area (Å²) in [5, 5.41) is 8.89. The van der Waals surface area contributed by atoms with Gasteiger partial charge in [-0.1, -0.05) is 0 Å². The minimum atomic E-state index is -1.09. The van der Waals surface area contributed by atoms with Gasteiger partial charge in [0.2, 0.25) is 0 Å². The van der Waals surface area contributed by atoms with Gasteiger partial charge in [-0.25, -0.2) is 0 Å². The van der Waals surface area contributed by atoms with Crippen LogP contribution in [0.15, 0.2) is 0 Å². The number of nitrogens with zero attached hydrogens (tertiary/aromatic N) is 1. The fourth-order valence-electron chi connectivity index (χ4n) is 1.85. The molecule has 0 aromatic carbocycles. The molecule has 3 N–H and O–H groups in total. The van der Waals surface area contributed by atoms with Crippen LogP contribution in [-0.4, -0.2) is 54.9 Å². The molecule has 0 aromatic rings. The summed E-state index contributed by atoms with van der Waals surface area (Å²) in [7, 11) is 2.07. The zero-order chi connectivity index (χ0) is 14.3. The summed E-state index contributed by atoms with van der Waals surface area (Å²) in [5.74, 6) is -0.0992. The molecule has 112 valence electrons. The van der Waals surface area contributed by atoms with E-state index in [2.05, 4.69) is 11.9 Å². The third-order valence-electron chi connectivity index (χ3n) is 3.64. The van der Waals surface area contributed by atoms with Crippen LogP contribution >= 0.6 is 0 Å². The largest absolute Gasteiger partial charge is 0.480 e. The Hall–Kier alpha value is -0.650. The molecule has 0 bridgehead atoms. The number of unbranched alkanes of at least 4 members (excludes halogenated alkanes) is 1. The first kappa shape index (κ1) is 16.4. The van der Waals surface area contributed by atoms with Gasteiger partial charge in [0.15, 0.2) is 0 Å². The molecule has 1 rings (SSSR count). The highest BCUT2D eigenvalue weighted by Gasteiger charge is 2.26. The Balaban J connectivity index is 1.94. The fourth-order valence-corrected chi connectivity index (χ4v) is 1.85. The number of nitrogens with two attached hydrogens (primary N) is 1. The van der Waals surface area contributed by atoms with Gasteiger partial charge in [0.25, 0.3) is 0 Å². The monoisotopic (exact) mass is 272 g/mol. The van der Waals surface area contributed by atoms with Crippen molar-refractivity contribution in [2.75, 3.05) is 33.4 Å².